The minimum absolute atomic E-state index is 0.0293. The molecule has 0 heterocycles. The molecule has 0 fully saturated rings. The van der Waals surface area contributed by atoms with E-state index in [1.807, 2.05) is 11.0 Å². The van der Waals surface area contributed by atoms with E-state index >= 15 is 0 Å². The van der Waals surface area contributed by atoms with Crippen molar-refractivity contribution in [2.75, 3.05) is 30.9 Å². The second-order valence-corrected chi connectivity index (χ2v) is 4.66. The highest BCUT2D eigenvalue weighted by Crippen LogP contribution is 2.27. The number of anilines is 2. The number of hydrogen-bond acceptors (Lipinski definition) is 5. The van der Waals surface area contributed by atoms with E-state index in [9.17, 15) is 9.90 Å². The Hall–Kier alpha value is -1.75. The number of nitrogens with two attached hydrogens (primary N) is 1. The molecule has 0 amide bonds. The number of carbonyl (C=O) groups excluding carboxylic acids is 1. The van der Waals surface area contributed by atoms with Crippen molar-refractivity contribution in [3.05, 3.63) is 23.8 Å². The summed E-state index contributed by atoms with van der Waals surface area (Å²) in [7, 11) is 1.35. The monoisotopic (exact) mass is 280 g/mol. The summed E-state index contributed by atoms with van der Waals surface area (Å²) in [5.74, 6) is -0.416. The summed E-state index contributed by atoms with van der Waals surface area (Å²) in [6, 6.07) is 5.45. The molecule has 5 heteroatoms. The minimum atomic E-state index is -0.416. The van der Waals surface area contributed by atoms with Crippen molar-refractivity contribution in [2.45, 2.75) is 32.7 Å². The van der Waals surface area contributed by atoms with Gasteiger partial charge in [-0.15, -0.1) is 0 Å². The number of ether oxygens (including phenoxy) is 1. The van der Waals surface area contributed by atoms with Crippen LogP contribution in [0.2, 0.25) is 0 Å². The SMILES string of the molecule is CCC(CC)N(CCO)c1ccc(N)cc1C(=O)OC. The standard InChI is InChI=1S/C15H24N2O3/c1-4-12(5-2)17(8-9-18)14-7-6-11(16)10-13(14)15(19)20-3/h6-7,10,12,18H,4-5,8-9,16H2,1-3H3. The van der Waals surface area contributed by atoms with Gasteiger partial charge >= 0.3 is 5.97 Å². The first-order chi connectivity index (χ1) is 9.58. The van der Waals surface area contributed by atoms with E-state index in [0.29, 0.717) is 17.8 Å². The molecule has 0 unspecified atom stereocenters. The van der Waals surface area contributed by atoms with Crippen LogP contribution < -0.4 is 10.6 Å². The Kier molecular flexibility index (Phi) is 6.31. The summed E-state index contributed by atoms with van der Waals surface area (Å²) in [4.78, 5) is 14.0. The molecule has 0 bridgehead atoms. The summed E-state index contributed by atoms with van der Waals surface area (Å²) in [6.45, 7) is 4.68. The summed E-state index contributed by atoms with van der Waals surface area (Å²) in [5, 5.41) is 9.30. The second kappa shape index (κ2) is 7.75. The molecule has 0 aromatic heterocycles. The molecule has 1 aromatic rings. The van der Waals surface area contributed by atoms with Gasteiger partial charge in [0, 0.05) is 18.3 Å². The van der Waals surface area contributed by atoms with Crippen molar-refractivity contribution in [1.82, 2.24) is 0 Å². The number of nitrogen functional groups attached to an aromatic ring is 1. The maximum absolute atomic E-state index is 11.9. The molecule has 112 valence electrons. The van der Waals surface area contributed by atoms with Crippen molar-refractivity contribution in [1.29, 1.82) is 0 Å². The van der Waals surface area contributed by atoms with Crippen LogP contribution in [0.1, 0.15) is 37.0 Å². The van der Waals surface area contributed by atoms with Crippen LogP contribution in [0.4, 0.5) is 11.4 Å². The number of nitrogens with zero attached hydrogens (tertiary/aromatic N) is 1. The van der Waals surface area contributed by atoms with Gasteiger partial charge in [0.15, 0.2) is 0 Å². The van der Waals surface area contributed by atoms with Gasteiger partial charge in [-0.1, -0.05) is 13.8 Å². The molecule has 5 nitrogen and oxygen atoms in total. The number of benzene rings is 1. The Morgan fingerprint density at radius 1 is 1.40 bits per heavy atom. The highest BCUT2D eigenvalue weighted by Gasteiger charge is 2.21. The lowest BCUT2D eigenvalue weighted by molar-refractivity contribution is 0.0601. The second-order valence-electron chi connectivity index (χ2n) is 4.66. The highest BCUT2D eigenvalue weighted by atomic mass is 16.5. The number of methoxy groups -OCH3 is 1. The smallest absolute Gasteiger partial charge is 0.340 e. The average molecular weight is 280 g/mol. The Morgan fingerprint density at radius 3 is 2.55 bits per heavy atom. The van der Waals surface area contributed by atoms with Crippen LogP contribution in [0.25, 0.3) is 0 Å². The van der Waals surface area contributed by atoms with Crippen LogP contribution in [0.3, 0.4) is 0 Å². The van der Waals surface area contributed by atoms with E-state index in [2.05, 4.69) is 13.8 Å². The molecule has 0 atom stereocenters. The molecule has 0 aliphatic carbocycles. The molecule has 3 N–H and O–H groups in total. The van der Waals surface area contributed by atoms with E-state index in [1.165, 1.54) is 7.11 Å². The van der Waals surface area contributed by atoms with E-state index < -0.39 is 5.97 Å². The van der Waals surface area contributed by atoms with E-state index in [1.54, 1.807) is 12.1 Å². The average Bonchev–Trinajstić information content (AvgIpc) is 2.46. The predicted molar refractivity (Wildman–Crippen MR) is 81.0 cm³/mol. The molecule has 0 radical (unpaired) electrons. The maximum Gasteiger partial charge on any atom is 0.340 e. The van der Waals surface area contributed by atoms with Crippen LogP contribution in [-0.4, -0.2) is 37.4 Å². The topological polar surface area (TPSA) is 75.8 Å². The third kappa shape index (κ3) is 3.63. The fraction of sp³-hybridized carbons (Fsp3) is 0.533. The van der Waals surface area contributed by atoms with Crippen molar-refractivity contribution in [2.24, 2.45) is 0 Å². The van der Waals surface area contributed by atoms with Gasteiger partial charge in [-0.2, -0.15) is 0 Å². The highest BCUT2D eigenvalue weighted by molar-refractivity contribution is 5.97. The molecule has 0 saturated heterocycles. The molecule has 0 spiro atoms. The Morgan fingerprint density at radius 2 is 2.05 bits per heavy atom. The number of esters is 1. The first-order valence-electron chi connectivity index (χ1n) is 6.94. The van der Waals surface area contributed by atoms with E-state index in [0.717, 1.165) is 18.5 Å². The van der Waals surface area contributed by atoms with Crippen LogP contribution >= 0.6 is 0 Å². The quantitative estimate of drug-likeness (QED) is 0.590. The van der Waals surface area contributed by atoms with Crippen molar-refractivity contribution in [3.63, 3.8) is 0 Å². The number of aliphatic hydroxyl groups is 1. The van der Waals surface area contributed by atoms with Gasteiger partial charge in [0.25, 0.3) is 0 Å². The molecular formula is C15H24N2O3. The Labute approximate surface area is 120 Å². The lowest BCUT2D eigenvalue weighted by Gasteiger charge is -2.33. The maximum atomic E-state index is 11.9. The zero-order valence-corrected chi connectivity index (χ0v) is 12.4. The normalized spacial score (nSPS) is 10.7. The lowest BCUT2D eigenvalue weighted by atomic mass is 10.1. The summed E-state index contributed by atoms with van der Waals surface area (Å²) in [6.07, 6.45) is 1.86. The van der Waals surface area contributed by atoms with Crippen LogP contribution in [0.15, 0.2) is 18.2 Å². The van der Waals surface area contributed by atoms with Crippen molar-refractivity contribution < 1.29 is 14.6 Å². The van der Waals surface area contributed by atoms with Crippen molar-refractivity contribution in [3.8, 4) is 0 Å². The van der Waals surface area contributed by atoms with Gasteiger partial charge in [-0.3, -0.25) is 0 Å². The molecule has 20 heavy (non-hydrogen) atoms. The first-order valence-corrected chi connectivity index (χ1v) is 6.94. The largest absolute Gasteiger partial charge is 0.465 e. The molecule has 0 aliphatic heterocycles. The number of aliphatic hydroxyl groups excluding tert-OH is 1. The number of carbonyl (C=O) groups is 1. The predicted octanol–water partition coefficient (Wildman–Crippen LogP) is 2.04. The minimum Gasteiger partial charge on any atom is -0.465 e. The molecular weight excluding hydrogens is 256 g/mol. The molecule has 1 aromatic carbocycles. The third-order valence-electron chi connectivity index (χ3n) is 3.46. The van der Waals surface area contributed by atoms with Gasteiger partial charge in [-0.05, 0) is 31.0 Å². The summed E-state index contributed by atoms with van der Waals surface area (Å²) >= 11 is 0. The summed E-state index contributed by atoms with van der Waals surface area (Å²) in [5.41, 5.74) is 7.47. The van der Waals surface area contributed by atoms with Crippen LogP contribution in [0.5, 0.6) is 0 Å². The van der Waals surface area contributed by atoms with E-state index in [4.69, 9.17) is 10.5 Å². The molecule has 0 aliphatic rings. The van der Waals surface area contributed by atoms with Gasteiger partial charge in [0.05, 0.1) is 25.0 Å². The first kappa shape index (κ1) is 16.3. The van der Waals surface area contributed by atoms with Crippen molar-refractivity contribution >= 4 is 17.3 Å². The zero-order chi connectivity index (χ0) is 15.1. The molecule has 0 saturated carbocycles. The van der Waals surface area contributed by atoms with Crippen LogP contribution in [0, 0.1) is 0 Å². The zero-order valence-electron chi connectivity index (χ0n) is 12.4. The summed E-state index contributed by atoms with van der Waals surface area (Å²) < 4.78 is 4.82. The van der Waals surface area contributed by atoms with Crippen LogP contribution in [-0.2, 0) is 4.74 Å². The Balaban J connectivity index is 3.28. The third-order valence-corrected chi connectivity index (χ3v) is 3.46. The molecule has 1 rings (SSSR count). The Bertz CT molecular complexity index is 445. The van der Waals surface area contributed by atoms with Gasteiger partial charge in [0.2, 0.25) is 0 Å². The number of hydrogen-bond donors (Lipinski definition) is 2. The van der Waals surface area contributed by atoms with Gasteiger partial charge in [-0.25, -0.2) is 4.79 Å². The fourth-order valence-electron chi connectivity index (χ4n) is 2.41. The lowest BCUT2D eigenvalue weighted by Crippen LogP contribution is -2.37. The number of rotatable bonds is 7. The van der Waals surface area contributed by atoms with E-state index in [-0.39, 0.29) is 12.6 Å². The van der Waals surface area contributed by atoms with Gasteiger partial charge in [0.1, 0.15) is 0 Å². The van der Waals surface area contributed by atoms with Gasteiger partial charge < -0.3 is 20.5 Å². The fourth-order valence-corrected chi connectivity index (χ4v) is 2.41.